The molecule has 0 bridgehead atoms. The fourth-order valence-corrected chi connectivity index (χ4v) is 6.34. The molecule has 2 aromatic rings. The summed E-state index contributed by atoms with van der Waals surface area (Å²) in [6, 6.07) is 22.3. The molecule has 3 rings (SSSR count). The molecule has 0 fully saturated rings. The van der Waals surface area contributed by atoms with Gasteiger partial charge in [0, 0.05) is 18.6 Å². The fraction of sp³-hybridized carbons (Fsp3) is 0.333. The quantitative estimate of drug-likeness (QED) is 0.519. The van der Waals surface area contributed by atoms with E-state index < -0.39 is 7.92 Å². The van der Waals surface area contributed by atoms with Crippen LogP contribution in [0.3, 0.4) is 0 Å². The fourth-order valence-electron chi connectivity index (χ4n) is 3.67. The van der Waals surface area contributed by atoms with Crippen molar-refractivity contribution in [3.05, 3.63) is 84.2 Å². The molecule has 1 aliphatic carbocycles. The third kappa shape index (κ3) is 4.96. The van der Waals surface area contributed by atoms with Gasteiger partial charge in [-0.2, -0.15) is 0 Å². The Balaban J connectivity index is 1.86. The van der Waals surface area contributed by atoms with E-state index in [9.17, 15) is 0 Å². The molecule has 3 heteroatoms. The van der Waals surface area contributed by atoms with Gasteiger partial charge in [0.25, 0.3) is 0 Å². The van der Waals surface area contributed by atoms with Crippen molar-refractivity contribution in [1.29, 1.82) is 0 Å². The van der Waals surface area contributed by atoms with E-state index in [0.29, 0.717) is 12.0 Å². The van der Waals surface area contributed by atoms with Crippen molar-refractivity contribution in [3.63, 3.8) is 0 Å². The van der Waals surface area contributed by atoms with E-state index in [-0.39, 0.29) is 6.61 Å². The third-order valence-electron chi connectivity index (χ3n) is 5.35. The number of aliphatic hydroxyl groups is 1. The number of unbranched alkanes of at least 4 members (excludes halogenated alkanes) is 1. The SMILES string of the molecule is C[C@H](C1C=CC=C1P(c1ccccc1)c1ccccc1)N(C)CCCCO. The summed E-state index contributed by atoms with van der Waals surface area (Å²) in [5, 5.41) is 13.4. The maximum absolute atomic E-state index is 9.06. The predicted octanol–water partition coefficient (Wildman–Crippen LogP) is 4.28. The van der Waals surface area contributed by atoms with Crippen molar-refractivity contribution in [1.82, 2.24) is 4.90 Å². The molecular formula is C24H30NOP. The first-order chi connectivity index (χ1) is 13.2. The maximum atomic E-state index is 9.06. The van der Waals surface area contributed by atoms with Gasteiger partial charge in [-0.1, -0.05) is 78.9 Å². The van der Waals surface area contributed by atoms with E-state index in [1.807, 2.05) is 0 Å². The average molecular weight is 379 g/mol. The second-order valence-corrected chi connectivity index (χ2v) is 9.38. The first-order valence-electron chi connectivity index (χ1n) is 9.82. The second kappa shape index (κ2) is 9.99. The number of rotatable bonds is 9. The first-order valence-corrected chi connectivity index (χ1v) is 11.2. The van der Waals surface area contributed by atoms with Gasteiger partial charge in [-0.25, -0.2) is 0 Å². The zero-order valence-corrected chi connectivity index (χ0v) is 17.2. The molecule has 1 N–H and O–H groups in total. The van der Waals surface area contributed by atoms with E-state index in [2.05, 4.69) is 97.8 Å². The van der Waals surface area contributed by atoms with Gasteiger partial charge < -0.3 is 10.0 Å². The predicted molar refractivity (Wildman–Crippen MR) is 118 cm³/mol. The third-order valence-corrected chi connectivity index (χ3v) is 7.94. The van der Waals surface area contributed by atoms with Crippen LogP contribution in [0.4, 0.5) is 0 Å². The molecule has 0 aromatic heterocycles. The Labute approximate surface area is 165 Å². The van der Waals surface area contributed by atoms with E-state index in [4.69, 9.17) is 5.11 Å². The van der Waals surface area contributed by atoms with E-state index in [1.54, 1.807) is 0 Å². The van der Waals surface area contributed by atoms with Crippen LogP contribution in [0.2, 0.25) is 0 Å². The number of allylic oxidation sites excluding steroid dienone is 2. The summed E-state index contributed by atoms with van der Waals surface area (Å²) in [4.78, 5) is 2.44. The highest BCUT2D eigenvalue weighted by atomic mass is 31.1. The summed E-state index contributed by atoms with van der Waals surface area (Å²) < 4.78 is 0. The number of benzene rings is 2. The van der Waals surface area contributed by atoms with Crippen molar-refractivity contribution in [2.75, 3.05) is 20.2 Å². The number of hydrogen-bond acceptors (Lipinski definition) is 2. The van der Waals surface area contributed by atoms with Crippen LogP contribution in [0.15, 0.2) is 84.2 Å². The minimum absolute atomic E-state index is 0.282. The molecule has 2 nitrogen and oxygen atoms in total. The molecule has 1 aliphatic rings. The molecule has 0 saturated carbocycles. The lowest BCUT2D eigenvalue weighted by Crippen LogP contribution is -2.36. The van der Waals surface area contributed by atoms with Gasteiger partial charge in [0.2, 0.25) is 0 Å². The summed E-state index contributed by atoms with van der Waals surface area (Å²) in [6.45, 7) is 3.63. The second-order valence-electron chi connectivity index (χ2n) is 7.16. The molecule has 0 aliphatic heterocycles. The minimum Gasteiger partial charge on any atom is -0.396 e. The molecule has 0 heterocycles. The Hall–Kier alpha value is -1.73. The molecule has 1 unspecified atom stereocenters. The minimum atomic E-state index is -0.533. The highest BCUT2D eigenvalue weighted by Gasteiger charge is 2.30. The Morgan fingerprint density at radius 2 is 1.56 bits per heavy atom. The van der Waals surface area contributed by atoms with Crippen LogP contribution in [0.25, 0.3) is 0 Å². The lowest BCUT2D eigenvalue weighted by molar-refractivity contribution is 0.214. The number of aliphatic hydroxyl groups excluding tert-OH is 1. The van der Waals surface area contributed by atoms with Crippen molar-refractivity contribution in [3.8, 4) is 0 Å². The summed E-state index contributed by atoms with van der Waals surface area (Å²) in [7, 11) is 1.67. The van der Waals surface area contributed by atoms with Gasteiger partial charge in [-0.15, -0.1) is 0 Å². The van der Waals surface area contributed by atoms with Crippen LogP contribution in [-0.2, 0) is 0 Å². The van der Waals surface area contributed by atoms with Crippen LogP contribution in [0, 0.1) is 5.92 Å². The number of nitrogens with zero attached hydrogens (tertiary/aromatic N) is 1. The van der Waals surface area contributed by atoms with Gasteiger partial charge in [-0.3, -0.25) is 0 Å². The number of hydrogen-bond donors (Lipinski definition) is 1. The van der Waals surface area contributed by atoms with Gasteiger partial charge >= 0.3 is 0 Å². The molecule has 2 atom stereocenters. The van der Waals surface area contributed by atoms with E-state index >= 15 is 0 Å². The summed E-state index contributed by atoms with van der Waals surface area (Å²) in [5.74, 6) is 0.427. The zero-order valence-electron chi connectivity index (χ0n) is 16.3. The smallest absolute Gasteiger partial charge is 0.0431 e. The monoisotopic (exact) mass is 379 g/mol. The van der Waals surface area contributed by atoms with Gasteiger partial charge in [0.05, 0.1) is 0 Å². The largest absolute Gasteiger partial charge is 0.396 e. The molecule has 0 amide bonds. The van der Waals surface area contributed by atoms with Crippen LogP contribution in [0.5, 0.6) is 0 Å². The van der Waals surface area contributed by atoms with Crippen LogP contribution >= 0.6 is 7.92 Å². The molecule has 142 valence electrons. The van der Waals surface area contributed by atoms with Gasteiger partial charge in [0.1, 0.15) is 0 Å². The molecule has 0 spiro atoms. The van der Waals surface area contributed by atoms with E-state index in [0.717, 1.165) is 19.4 Å². The summed E-state index contributed by atoms with van der Waals surface area (Å²) in [5.41, 5.74) is 0. The van der Waals surface area contributed by atoms with E-state index in [1.165, 1.54) is 15.9 Å². The molecule has 2 aromatic carbocycles. The molecule has 27 heavy (non-hydrogen) atoms. The normalized spacial score (nSPS) is 17.5. The van der Waals surface area contributed by atoms with Gasteiger partial charge in [0.15, 0.2) is 0 Å². The van der Waals surface area contributed by atoms with Crippen LogP contribution in [0.1, 0.15) is 19.8 Å². The lowest BCUT2D eigenvalue weighted by Gasteiger charge is -2.34. The van der Waals surface area contributed by atoms with Crippen molar-refractivity contribution in [2.45, 2.75) is 25.8 Å². The molecule has 0 saturated heterocycles. The van der Waals surface area contributed by atoms with Crippen molar-refractivity contribution in [2.24, 2.45) is 5.92 Å². The van der Waals surface area contributed by atoms with Gasteiger partial charge in [-0.05, 0) is 57.2 Å². The Bertz CT molecular complexity index is 717. The maximum Gasteiger partial charge on any atom is 0.0431 e. The standard InChI is InChI=1S/C24H30NOP/c1-20(25(2)18-9-10-19-26)23-16-11-17-24(23)27(21-12-5-3-6-13-21)22-14-7-4-8-15-22/h3-8,11-17,20,23,26H,9-10,18-19H2,1-2H3/t20-,23?/m1/s1. The topological polar surface area (TPSA) is 23.5 Å². The zero-order chi connectivity index (χ0) is 19.1. The van der Waals surface area contributed by atoms with Crippen LogP contribution in [-0.4, -0.2) is 36.2 Å². The first kappa shape index (κ1) is 20.0. The summed E-state index contributed by atoms with van der Waals surface area (Å²) in [6.07, 6.45) is 8.86. The Morgan fingerprint density at radius 3 is 2.11 bits per heavy atom. The van der Waals surface area contributed by atoms with Crippen LogP contribution < -0.4 is 10.6 Å². The highest BCUT2D eigenvalue weighted by molar-refractivity contribution is 7.76. The highest BCUT2D eigenvalue weighted by Crippen LogP contribution is 2.50. The average Bonchev–Trinajstić information content (AvgIpc) is 3.18. The van der Waals surface area contributed by atoms with Crippen molar-refractivity contribution < 1.29 is 5.11 Å². The Morgan fingerprint density at radius 1 is 0.963 bits per heavy atom. The molecular weight excluding hydrogens is 349 g/mol. The Kier molecular flexibility index (Phi) is 7.41. The van der Waals surface area contributed by atoms with Crippen molar-refractivity contribution >= 4 is 18.5 Å². The summed E-state index contributed by atoms with van der Waals surface area (Å²) >= 11 is 0. The lowest BCUT2D eigenvalue weighted by atomic mass is 10.0. The molecule has 0 radical (unpaired) electrons.